The van der Waals surface area contributed by atoms with Gasteiger partial charge in [0, 0.05) is 23.0 Å². The van der Waals surface area contributed by atoms with Crippen LogP contribution in [0.4, 0.5) is 0 Å². The number of benzene rings is 3. The Morgan fingerprint density at radius 2 is 1.06 bits per heavy atom. The first-order valence-corrected chi connectivity index (χ1v) is 16.4. The number of ether oxygens (including phenoxy) is 4. The largest absolute Gasteiger partial charge is 1.00 e. The van der Waals surface area contributed by atoms with E-state index in [-0.39, 0.29) is 80.2 Å². The van der Waals surface area contributed by atoms with Crippen molar-refractivity contribution < 1.29 is 99.1 Å². The van der Waals surface area contributed by atoms with Crippen LogP contribution in [0.1, 0.15) is 86.8 Å². The minimum absolute atomic E-state index is 0. The minimum Gasteiger partial charge on any atom is -1.00 e. The van der Waals surface area contributed by atoms with Gasteiger partial charge in [-0.1, -0.05) is 64.1 Å². The maximum absolute atomic E-state index is 6.52. The van der Waals surface area contributed by atoms with Gasteiger partial charge in [-0.25, -0.2) is 0 Å². The molecule has 3 aromatic rings. The molecule has 2 radical (unpaired) electrons. The summed E-state index contributed by atoms with van der Waals surface area (Å²) in [7, 11) is 0. The summed E-state index contributed by atoms with van der Waals surface area (Å²) in [5.41, 5.74) is 9.04. The van der Waals surface area contributed by atoms with Crippen molar-refractivity contribution in [1.29, 1.82) is 0 Å². The van der Waals surface area contributed by atoms with Crippen LogP contribution in [0, 0.1) is 12.1 Å². The van der Waals surface area contributed by atoms with E-state index in [4.69, 9.17) is 18.9 Å². The third-order valence-corrected chi connectivity index (χ3v) is 7.87. The normalized spacial score (nSPS) is 12.9. The average molecular weight is 1060 g/mol. The molecule has 2 aliphatic carbocycles. The van der Waals surface area contributed by atoms with Crippen molar-refractivity contribution in [2.75, 3.05) is 26.4 Å². The van der Waals surface area contributed by atoms with Crippen LogP contribution in [-0.2, 0) is 85.8 Å². The molecule has 3 aromatic carbocycles. The molecule has 48 heavy (non-hydrogen) atoms. The van der Waals surface area contributed by atoms with Crippen molar-refractivity contribution in [3.63, 3.8) is 0 Å². The van der Waals surface area contributed by atoms with Crippen LogP contribution in [0.2, 0.25) is 0 Å². The van der Waals surface area contributed by atoms with E-state index in [0.717, 1.165) is 93.2 Å². The zero-order valence-corrected chi connectivity index (χ0v) is 41.6. The third-order valence-electron chi connectivity index (χ3n) is 7.87. The van der Waals surface area contributed by atoms with Gasteiger partial charge in [0.1, 0.15) is 34.8 Å². The minimum atomic E-state index is 0. The Hall–Kier alpha value is -1.56. The van der Waals surface area contributed by atoms with E-state index in [1.807, 2.05) is 6.07 Å². The fraction of sp³-hybridized carbons (Fsp3) is 0.400. The second kappa shape index (κ2) is 23.0. The SMILES string of the molecule is CCCOC1=C2C=[C+]C=C1Cc1cccc(c1OCCC)Cc1[c-]ccc(c1OCCC)Cc1cccc(c1OCCC)C2.[Cl-].[Cl-].[Hg+].[Hg+]. The van der Waals surface area contributed by atoms with E-state index in [1.165, 1.54) is 0 Å². The predicted octanol–water partition coefficient (Wildman–Crippen LogP) is 3.12. The van der Waals surface area contributed by atoms with E-state index in [9.17, 15) is 0 Å². The second-order valence-corrected chi connectivity index (χ2v) is 11.6. The van der Waals surface area contributed by atoms with E-state index in [0.29, 0.717) is 52.1 Å². The number of halogens is 2. The number of hydrogen-bond acceptors (Lipinski definition) is 4. The van der Waals surface area contributed by atoms with Gasteiger partial charge < -0.3 is 43.8 Å². The molecule has 0 saturated carbocycles. The Bertz CT molecular complexity index is 1530. The Kier molecular flexibility index (Phi) is 21.3. The molecule has 0 N–H and O–H groups in total. The first-order chi connectivity index (χ1) is 21.7. The van der Waals surface area contributed by atoms with Crippen molar-refractivity contribution in [2.24, 2.45) is 0 Å². The summed E-state index contributed by atoms with van der Waals surface area (Å²) in [5.74, 6) is 3.79. The van der Waals surface area contributed by atoms with E-state index < -0.39 is 0 Å². The summed E-state index contributed by atoms with van der Waals surface area (Å²) in [4.78, 5) is 0. The van der Waals surface area contributed by atoms with Gasteiger partial charge in [0.25, 0.3) is 0 Å². The zero-order valence-electron chi connectivity index (χ0n) is 29.1. The van der Waals surface area contributed by atoms with Crippen LogP contribution in [0.25, 0.3) is 0 Å². The van der Waals surface area contributed by atoms with Crippen molar-refractivity contribution >= 4 is 0 Å². The number of allylic oxidation sites excluding steroid dienone is 5. The molecule has 8 bridgehead atoms. The van der Waals surface area contributed by atoms with Gasteiger partial charge in [0.2, 0.25) is 5.76 Å². The Balaban J connectivity index is 0.00000288. The smallest absolute Gasteiger partial charge is 1.00 e. The Morgan fingerprint density at radius 3 is 1.65 bits per heavy atom. The van der Waals surface area contributed by atoms with Crippen LogP contribution in [0.5, 0.6) is 17.2 Å². The van der Waals surface area contributed by atoms with Crippen LogP contribution in [-0.4, -0.2) is 26.4 Å². The molecule has 8 heteroatoms. The molecule has 0 aliphatic heterocycles. The molecule has 248 valence electrons. The van der Waals surface area contributed by atoms with Crippen molar-refractivity contribution in [2.45, 2.75) is 79.1 Å². The van der Waals surface area contributed by atoms with Gasteiger partial charge in [-0.15, -0.1) is 11.1 Å². The molecule has 0 unspecified atom stereocenters. The van der Waals surface area contributed by atoms with Gasteiger partial charge in [-0.2, -0.15) is 18.2 Å². The molecule has 0 aromatic heterocycles. The van der Waals surface area contributed by atoms with E-state index in [2.05, 4.69) is 94.5 Å². The fourth-order valence-electron chi connectivity index (χ4n) is 5.88. The maximum Gasteiger partial charge on any atom is 1.00 e. The van der Waals surface area contributed by atoms with Crippen molar-refractivity contribution in [1.82, 2.24) is 0 Å². The molecule has 0 heterocycles. The topological polar surface area (TPSA) is 36.9 Å². The molecule has 2 aliphatic rings. The van der Waals surface area contributed by atoms with Crippen LogP contribution in [0.15, 0.2) is 77.6 Å². The summed E-state index contributed by atoms with van der Waals surface area (Å²) >= 11 is 0. The molecule has 0 fully saturated rings. The molecule has 0 spiro atoms. The summed E-state index contributed by atoms with van der Waals surface area (Å²) in [6, 6.07) is 20.8. The molecule has 4 nitrogen and oxygen atoms in total. The van der Waals surface area contributed by atoms with Crippen molar-refractivity contribution in [3.8, 4) is 17.2 Å². The Labute approximate surface area is 342 Å². The molecule has 0 amide bonds. The molecule has 0 atom stereocenters. The number of fused-ring (bicyclic) bond motifs is 7. The summed E-state index contributed by atoms with van der Waals surface area (Å²) in [6.07, 6.45) is 14.1. The van der Waals surface area contributed by atoms with Crippen LogP contribution in [0.3, 0.4) is 0 Å². The molecule has 0 saturated heterocycles. The van der Waals surface area contributed by atoms with Gasteiger partial charge in [-0.3, -0.25) is 0 Å². The quantitative estimate of drug-likeness (QED) is 0.207. The predicted molar refractivity (Wildman–Crippen MR) is 178 cm³/mol. The fourth-order valence-corrected chi connectivity index (χ4v) is 5.88. The molecule has 5 rings (SSSR count). The Morgan fingerprint density at radius 1 is 0.583 bits per heavy atom. The summed E-state index contributed by atoms with van der Waals surface area (Å²) in [5, 5.41) is 0. The van der Waals surface area contributed by atoms with Crippen molar-refractivity contribution in [3.05, 3.63) is 123 Å². The average Bonchev–Trinajstić information content (AvgIpc) is 3.03. The van der Waals surface area contributed by atoms with Gasteiger partial charge in [-0.05, 0) is 49.7 Å². The maximum atomic E-state index is 6.52. The molecular formula is C40H46Cl2Hg2O4. The summed E-state index contributed by atoms with van der Waals surface area (Å²) in [6.45, 7) is 11.2. The number of rotatable bonds is 12. The first kappa shape index (κ1) is 44.5. The number of hydrogen-bond donors (Lipinski definition) is 0. The third kappa shape index (κ3) is 11.2. The van der Waals surface area contributed by atoms with Crippen LogP contribution < -0.4 is 39.0 Å². The summed E-state index contributed by atoms with van der Waals surface area (Å²) < 4.78 is 26.0. The van der Waals surface area contributed by atoms with E-state index in [1.54, 1.807) is 0 Å². The van der Waals surface area contributed by atoms with E-state index >= 15 is 0 Å². The standard InChI is InChI=1S/C40H46O4.2ClH.2Hg/c1-5-21-41-37-29-13-9-14-30(37)26-32-16-11-18-34(39(32)43-23-7-3)28-36-20-12-19-35(40(36)44-24-8-4)27-33-17-10-15-31(25-29)38(33)42-22-6-2;;;;/h9-11,13,15-20H,5-8,21-28H2,1-4H3;2*1H;;/q;;;2*+1/p-2. The van der Waals surface area contributed by atoms with Gasteiger partial charge in [0.15, 0.2) is 0 Å². The second-order valence-electron chi connectivity index (χ2n) is 11.6. The molecular weight excluding hydrogens is 1020 g/mol. The zero-order chi connectivity index (χ0) is 30.7. The van der Waals surface area contributed by atoms with Gasteiger partial charge in [0.05, 0.1) is 39.3 Å². The van der Waals surface area contributed by atoms with Crippen LogP contribution >= 0.6 is 0 Å². The van der Waals surface area contributed by atoms with Gasteiger partial charge >= 0.3 is 55.3 Å². The monoisotopic (exact) mass is 1060 g/mol. The first-order valence-electron chi connectivity index (χ1n) is 16.4. The number of para-hydroxylation sites is 2.